The van der Waals surface area contributed by atoms with Crippen molar-refractivity contribution in [2.45, 2.75) is 24.8 Å². The molecule has 0 heterocycles. The van der Waals surface area contributed by atoms with Gasteiger partial charge in [0.2, 0.25) is 0 Å². The predicted octanol–water partition coefficient (Wildman–Crippen LogP) is 1.87. The topological polar surface area (TPSA) is 80.7 Å². The molecule has 1 saturated carbocycles. The van der Waals surface area contributed by atoms with E-state index in [1.807, 2.05) is 0 Å². The Bertz CT molecular complexity index is 522. The molecule has 19 heavy (non-hydrogen) atoms. The van der Waals surface area contributed by atoms with Crippen LogP contribution in [-0.4, -0.2) is 25.0 Å². The molecule has 0 aromatic heterocycles. The number of aliphatic carboxylic acids is 1. The molecule has 0 saturated heterocycles. The van der Waals surface area contributed by atoms with Crippen LogP contribution in [0.2, 0.25) is 0 Å². The number of halogens is 3. The fourth-order valence-corrected chi connectivity index (χ4v) is 3.09. The van der Waals surface area contributed by atoms with Crippen LogP contribution < -0.4 is 0 Å². The van der Waals surface area contributed by atoms with Gasteiger partial charge in [0.1, 0.15) is 5.76 Å². The predicted molar refractivity (Wildman–Crippen MR) is 56.1 cm³/mol. The second-order valence-corrected chi connectivity index (χ2v) is 6.21. The van der Waals surface area contributed by atoms with Crippen molar-refractivity contribution in [2.75, 3.05) is 0 Å². The van der Waals surface area contributed by atoms with Crippen LogP contribution in [0.1, 0.15) is 19.3 Å². The third kappa shape index (κ3) is 2.56. The van der Waals surface area contributed by atoms with Crippen LogP contribution in [-0.2, 0) is 19.1 Å². The summed E-state index contributed by atoms with van der Waals surface area (Å²) in [5.74, 6) is -3.03. The summed E-state index contributed by atoms with van der Waals surface area (Å²) in [6.07, 6.45) is 2.27. The molecule has 0 spiro atoms. The number of rotatable bonds is 3. The van der Waals surface area contributed by atoms with Crippen molar-refractivity contribution in [1.82, 2.24) is 0 Å². The molecule has 0 amide bonds. The highest BCUT2D eigenvalue weighted by molar-refractivity contribution is 7.87. The standard InChI is InChI=1S/C10H11F3O5S/c11-10(12,13)19(16,17)18-8-4-5-1-2-6(8)3-7(5)9(14)15/h4-7H,1-3H2,(H,14,15). The van der Waals surface area contributed by atoms with Crippen molar-refractivity contribution in [3.8, 4) is 0 Å². The number of hydrogen-bond acceptors (Lipinski definition) is 4. The van der Waals surface area contributed by atoms with E-state index in [4.69, 9.17) is 5.11 Å². The smallest absolute Gasteiger partial charge is 0.481 e. The van der Waals surface area contributed by atoms with E-state index in [1.54, 1.807) is 0 Å². The van der Waals surface area contributed by atoms with E-state index in [0.29, 0.717) is 12.8 Å². The molecule has 0 aromatic rings. The van der Waals surface area contributed by atoms with Gasteiger partial charge in [-0.25, -0.2) is 0 Å². The third-order valence-electron chi connectivity index (χ3n) is 3.49. The van der Waals surface area contributed by atoms with Gasteiger partial charge in [-0.3, -0.25) is 4.79 Å². The molecule has 3 atom stereocenters. The van der Waals surface area contributed by atoms with Crippen LogP contribution in [0, 0.1) is 17.8 Å². The highest BCUT2D eigenvalue weighted by atomic mass is 32.2. The molecule has 3 aliphatic rings. The Labute approximate surface area is 107 Å². The van der Waals surface area contributed by atoms with Crippen LogP contribution >= 0.6 is 0 Å². The van der Waals surface area contributed by atoms with Crippen molar-refractivity contribution in [3.63, 3.8) is 0 Å². The summed E-state index contributed by atoms with van der Waals surface area (Å²) in [6, 6.07) is 0. The first-order chi connectivity index (χ1) is 8.62. The molecule has 0 aliphatic heterocycles. The highest BCUT2D eigenvalue weighted by Gasteiger charge is 2.51. The van der Waals surface area contributed by atoms with Crippen molar-refractivity contribution < 1.29 is 35.7 Å². The van der Waals surface area contributed by atoms with Gasteiger partial charge in [0.25, 0.3) is 0 Å². The molecule has 3 rings (SSSR count). The summed E-state index contributed by atoms with van der Waals surface area (Å²) < 4.78 is 62.5. The van der Waals surface area contributed by atoms with E-state index in [2.05, 4.69) is 4.18 Å². The zero-order chi connectivity index (χ0) is 14.4. The largest absolute Gasteiger partial charge is 0.534 e. The van der Waals surface area contributed by atoms with E-state index < -0.39 is 39.3 Å². The lowest BCUT2D eigenvalue weighted by Crippen LogP contribution is -2.37. The number of hydrogen-bond donors (Lipinski definition) is 1. The Kier molecular flexibility index (Phi) is 3.28. The maximum absolute atomic E-state index is 12.2. The Morgan fingerprint density at radius 2 is 2.00 bits per heavy atom. The number of carboxylic acids is 1. The SMILES string of the molecule is O=C(O)C1CC2CCC1C=C2OS(=O)(=O)C(F)(F)F. The third-order valence-corrected chi connectivity index (χ3v) is 4.47. The van der Waals surface area contributed by atoms with Crippen LogP contribution in [0.25, 0.3) is 0 Å². The first-order valence-corrected chi connectivity index (χ1v) is 6.98. The van der Waals surface area contributed by atoms with Gasteiger partial charge in [-0.15, -0.1) is 0 Å². The lowest BCUT2D eigenvalue weighted by molar-refractivity contribution is -0.145. The van der Waals surface area contributed by atoms with Gasteiger partial charge in [0.05, 0.1) is 5.92 Å². The molecule has 5 nitrogen and oxygen atoms in total. The molecule has 0 radical (unpaired) electrons. The highest BCUT2D eigenvalue weighted by Crippen LogP contribution is 2.46. The first-order valence-electron chi connectivity index (χ1n) is 5.57. The number of carboxylic acid groups (broad SMARTS) is 1. The van der Waals surface area contributed by atoms with Crippen molar-refractivity contribution >= 4 is 16.1 Å². The second kappa shape index (κ2) is 4.39. The van der Waals surface area contributed by atoms with E-state index in [0.717, 1.165) is 0 Å². The van der Waals surface area contributed by atoms with Crippen LogP contribution in [0.3, 0.4) is 0 Å². The van der Waals surface area contributed by atoms with Crippen molar-refractivity contribution in [1.29, 1.82) is 0 Å². The fraction of sp³-hybridized carbons (Fsp3) is 0.700. The number of alkyl halides is 3. The minimum absolute atomic E-state index is 0.110. The summed E-state index contributed by atoms with van der Waals surface area (Å²) >= 11 is 0. The van der Waals surface area contributed by atoms with Crippen LogP contribution in [0.5, 0.6) is 0 Å². The lowest BCUT2D eigenvalue weighted by Gasteiger charge is -2.38. The van der Waals surface area contributed by atoms with Gasteiger partial charge >= 0.3 is 21.6 Å². The Morgan fingerprint density at radius 1 is 1.37 bits per heavy atom. The zero-order valence-electron chi connectivity index (χ0n) is 9.55. The van der Waals surface area contributed by atoms with Gasteiger partial charge < -0.3 is 9.29 Å². The van der Waals surface area contributed by atoms with E-state index in [9.17, 15) is 26.4 Å². The lowest BCUT2D eigenvalue weighted by atomic mass is 9.68. The van der Waals surface area contributed by atoms with Gasteiger partial charge in [-0.1, -0.05) is 0 Å². The quantitative estimate of drug-likeness (QED) is 0.635. The fourth-order valence-electron chi connectivity index (χ4n) is 2.55. The molecule has 9 heteroatoms. The average molecular weight is 300 g/mol. The zero-order valence-corrected chi connectivity index (χ0v) is 10.4. The summed E-state index contributed by atoms with van der Waals surface area (Å²) in [7, 11) is -5.67. The Morgan fingerprint density at radius 3 is 2.42 bits per heavy atom. The van der Waals surface area contributed by atoms with E-state index in [1.165, 1.54) is 6.08 Å². The van der Waals surface area contributed by atoms with Crippen molar-refractivity contribution in [2.24, 2.45) is 17.8 Å². The van der Waals surface area contributed by atoms with Gasteiger partial charge in [0.15, 0.2) is 0 Å². The van der Waals surface area contributed by atoms with E-state index in [-0.39, 0.29) is 12.2 Å². The summed E-state index contributed by atoms with van der Waals surface area (Å²) in [4.78, 5) is 10.9. The molecule has 1 fully saturated rings. The first kappa shape index (κ1) is 14.2. The molecule has 108 valence electrons. The van der Waals surface area contributed by atoms with Gasteiger partial charge in [-0.05, 0) is 31.3 Å². The second-order valence-electron chi connectivity index (χ2n) is 4.67. The van der Waals surface area contributed by atoms with Crippen LogP contribution in [0.15, 0.2) is 11.8 Å². The van der Waals surface area contributed by atoms with E-state index >= 15 is 0 Å². The maximum atomic E-state index is 12.2. The van der Waals surface area contributed by atoms with Gasteiger partial charge in [-0.2, -0.15) is 21.6 Å². The molecule has 3 unspecified atom stereocenters. The number of allylic oxidation sites excluding steroid dienone is 2. The summed E-state index contributed by atoms with van der Waals surface area (Å²) in [6.45, 7) is 0. The van der Waals surface area contributed by atoms with Crippen molar-refractivity contribution in [3.05, 3.63) is 11.8 Å². The molecule has 3 aliphatic carbocycles. The molecule has 0 aromatic carbocycles. The molecular formula is C10H11F3O5S. The Hall–Kier alpha value is -1.25. The summed E-state index contributed by atoms with van der Waals surface area (Å²) in [5, 5.41) is 8.94. The normalized spacial score (nSPS) is 30.9. The maximum Gasteiger partial charge on any atom is 0.534 e. The molecule has 2 bridgehead atoms. The number of fused-ring (bicyclic) bond motifs is 2. The van der Waals surface area contributed by atoms with Gasteiger partial charge in [0, 0.05) is 5.92 Å². The Balaban J connectivity index is 2.21. The van der Waals surface area contributed by atoms with Crippen LogP contribution in [0.4, 0.5) is 13.2 Å². The molecular weight excluding hydrogens is 289 g/mol. The summed E-state index contributed by atoms with van der Waals surface area (Å²) in [5.41, 5.74) is -5.48. The minimum atomic E-state index is -5.67. The molecule has 1 N–H and O–H groups in total. The monoisotopic (exact) mass is 300 g/mol. The minimum Gasteiger partial charge on any atom is -0.481 e. The number of carbonyl (C=O) groups is 1. The average Bonchev–Trinajstić information content (AvgIpc) is 2.27.